The zero-order chi connectivity index (χ0) is 21.5. The number of furan rings is 1. The summed E-state index contributed by atoms with van der Waals surface area (Å²) in [5.41, 5.74) is 2.60. The third kappa shape index (κ3) is 3.17. The highest BCUT2D eigenvalue weighted by molar-refractivity contribution is 5.89. The predicted octanol–water partition coefficient (Wildman–Crippen LogP) is 4.97. The average molecular weight is 427 g/mol. The first-order chi connectivity index (χ1) is 15.8. The SMILES string of the molecule is O=C(C1c2ccccc2Oc2ccccc21)N1CCC(c2nnc(-c3ccoc3)o2)CC1. The molecule has 2 aliphatic heterocycles. The number of benzene rings is 2. The Morgan fingerprint density at radius 1 is 0.906 bits per heavy atom. The standard InChI is InChI=1S/C25H21N3O4/c29-25(22-18-5-1-3-7-20(18)31-21-8-4-2-6-19(21)22)28-12-9-16(10-13-28)23-26-27-24(32-23)17-11-14-30-15-17/h1-8,11,14-16,22H,9-10,12-13H2. The maximum absolute atomic E-state index is 13.7. The van der Waals surface area contributed by atoms with Crippen molar-refractivity contribution in [2.24, 2.45) is 0 Å². The minimum absolute atomic E-state index is 0.108. The van der Waals surface area contributed by atoms with Crippen LogP contribution in [-0.4, -0.2) is 34.1 Å². The van der Waals surface area contributed by atoms with Crippen LogP contribution in [0, 0.1) is 0 Å². The van der Waals surface area contributed by atoms with Crippen LogP contribution >= 0.6 is 0 Å². The molecule has 0 spiro atoms. The Bertz CT molecular complexity index is 1210. The molecule has 6 rings (SSSR count). The Balaban J connectivity index is 1.21. The van der Waals surface area contributed by atoms with Gasteiger partial charge in [0.05, 0.1) is 17.7 Å². The molecule has 2 aromatic heterocycles. The molecule has 0 saturated carbocycles. The number of para-hydroxylation sites is 2. The fraction of sp³-hybridized carbons (Fsp3) is 0.240. The summed E-state index contributed by atoms with van der Waals surface area (Å²) < 4.78 is 17.0. The van der Waals surface area contributed by atoms with Crippen molar-refractivity contribution in [2.75, 3.05) is 13.1 Å². The van der Waals surface area contributed by atoms with Gasteiger partial charge in [-0.1, -0.05) is 36.4 Å². The number of ether oxygens (including phenoxy) is 1. The molecule has 7 heteroatoms. The van der Waals surface area contributed by atoms with E-state index in [0.717, 1.165) is 41.0 Å². The minimum Gasteiger partial charge on any atom is -0.472 e. The molecule has 0 atom stereocenters. The number of likely N-dealkylation sites (tertiary alicyclic amines) is 1. The summed E-state index contributed by atoms with van der Waals surface area (Å²) in [4.78, 5) is 15.6. The van der Waals surface area contributed by atoms with Gasteiger partial charge in [0.2, 0.25) is 11.8 Å². The largest absolute Gasteiger partial charge is 0.472 e. The number of hydrogen-bond donors (Lipinski definition) is 0. The van der Waals surface area contributed by atoms with Gasteiger partial charge in [0.15, 0.2) is 0 Å². The van der Waals surface area contributed by atoms with E-state index >= 15 is 0 Å². The summed E-state index contributed by atoms with van der Waals surface area (Å²) in [5, 5.41) is 8.38. The summed E-state index contributed by atoms with van der Waals surface area (Å²) in [5.74, 6) is 2.47. The van der Waals surface area contributed by atoms with E-state index in [2.05, 4.69) is 10.2 Å². The van der Waals surface area contributed by atoms with Crippen LogP contribution in [0.1, 0.15) is 41.7 Å². The van der Waals surface area contributed by atoms with E-state index in [0.29, 0.717) is 24.9 Å². The smallest absolute Gasteiger partial charge is 0.250 e. The van der Waals surface area contributed by atoms with Crippen molar-refractivity contribution in [3.8, 4) is 23.0 Å². The molecule has 1 fully saturated rings. The first-order valence-corrected chi connectivity index (χ1v) is 10.8. The molecule has 1 saturated heterocycles. The summed E-state index contributed by atoms with van der Waals surface area (Å²) in [6.07, 6.45) is 4.73. The molecule has 2 aliphatic rings. The second-order valence-corrected chi connectivity index (χ2v) is 8.17. The Morgan fingerprint density at radius 2 is 1.59 bits per heavy atom. The van der Waals surface area contributed by atoms with Crippen molar-refractivity contribution in [3.63, 3.8) is 0 Å². The van der Waals surface area contributed by atoms with Crippen LogP contribution in [0.25, 0.3) is 11.5 Å². The fourth-order valence-corrected chi connectivity index (χ4v) is 4.61. The Morgan fingerprint density at radius 3 is 2.25 bits per heavy atom. The van der Waals surface area contributed by atoms with Crippen LogP contribution in [0.2, 0.25) is 0 Å². The third-order valence-corrected chi connectivity index (χ3v) is 6.29. The summed E-state index contributed by atoms with van der Waals surface area (Å²) in [6, 6.07) is 17.4. The van der Waals surface area contributed by atoms with Crippen LogP contribution in [0.4, 0.5) is 0 Å². The predicted molar refractivity (Wildman–Crippen MR) is 115 cm³/mol. The van der Waals surface area contributed by atoms with Gasteiger partial charge in [0.25, 0.3) is 5.89 Å². The van der Waals surface area contributed by atoms with Crippen LogP contribution in [0.5, 0.6) is 11.5 Å². The number of amides is 1. The Labute approximate surface area is 184 Å². The number of nitrogens with zero attached hydrogens (tertiary/aromatic N) is 3. The van der Waals surface area contributed by atoms with Crippen molar-refractivity contribution in [1.82, 2.24) is 15.1 Å². The van der Waals surface area contributed by atoms with Crippen LogP contribution in [-0.2, 0) is 4.79 Å². The van der Waals surface area contributed by atoms with E-state index in [-0.39, 0.29) is 17.7 Å². The zero-order valence-electron chi connectivity index (χ0n) is 17.3. The maximum Gasteiger partial charge on any atom is 0.250 e. The lowest BCUT2D eigenvalue weighted by Gasteiger charge is -2.35. The molecule has 0 aliphatic carbocycles. The van der Waals surface area contributed by atoms with Crippen molar-refractivity contribution in [1.29, 1.82) is 0 Å². The molecule has 7 nitrogen and oxygen atoms in total. The van der Waals surface area contributed by atoms with E-state index in [1.165, 1.54) is 0 Å². The highest BCUT2D eigenvalue weighted by Crippen LogP contribution is 2.45. The van der Waals surface area contributed by atoms with E-state index in [9.17, 15) is 4.79 Å². The third-order valence-electron chi connectivity index (χ3n) is 6.29. The Hall–Kier alpha value is -3.87. The van der Waals surface area contributed by atoms with Crippen LogP contribution in [0.3, 0.4) is 0 Å². The van der Waals surface area contributed by atoms with Gasteiger partial charge < -0.3 is 18.5 Å². The summed E-state index contributed by atoms with van der Waals surface area (Å²) >= 11 is 0. The number of aromatic nitrogens is 2. The highest BCUT2D eigenvalue weighted by Gasteiger charge is 2.37. The van der Waals surface area contributed by atoms with Gasteiger partial charge in [0, 0.05) is 30.1 Å². The van der Waals surface area contributed by atoms with Gasteiger partial charge in [-0.2, -0.15) is 0 Å². The number of hydrogen-bond acceptors (Lipinski definition) is 6. The number of fused-ring (bicyclic) bond motifs is 2. The molecular weight excluding hydrogens is 406 g/mol. The molecule has 0 unspecified atom stereocenters. The molecule has 1 amide bonds. The monoisotopic (exact) mass is 427 g/mol. The molecule has 0 radical (unpaired) electrons. The van der Waals surface area contributed by atoms with Crippen molar-refractivity contribution in [2.45, 2.75) is 24.7 Å². The van der Waals surface area contributed by atoms with Gasteiger partial charge in [-0.15, -0.1) is 10.2 Å². The molecule has 160 valence electrons. The van der Waals surface area contributed by atoms with E-state index in [1.807, 2.05) is 53.4 Å². The lowest BCUT2D eigenvalue weighted by atomic mass is 9.86. The Kier molecular flexibility index (Phi) is 4.52. The highest BCUT2D eigenvalue weighted by atomic mass is 16.5. The number of rotatable bonds is 3. The summed E-state index contributed by atoms with van der Waals surface area (Å²) in [7, 11) is 0. The van der Waals surface area contributed by atoms with Crippen LogP contribution < -0.4 is 4.74 Å². The fourth-order valence-electron chi connectivity index (χ4n) is 4.61. The van der Waals surface area contributed by atoms with E-state index in [4.69, 9.17) is 13.6 Å². The van der Waals surface area contributed by atoms with Gasteiger partial charge in [-0.25, -0.2) is 0 Å². The number of carbonyl (C=O) groups is 1. The van der Waals surface area contributed by atoms with E-state index in [1.54, 1.807) is 18.6 Å². The minimum atomic E-state index is -0.358. The lowest BCUT2D eigenvalue weighted by molar-refractivity contribution is -0.133. The van der Waals surface area contributed by atoms with Crippen molar-refractivity contribution < 1.29 is 18.4 Å². The topological polar surface area (TPSA) is 81.6 Å². The molecule has 0 bridgehead atoms. The second kappa shape index (κ2) is 7.67. The van der Waals surface area contributed by atoms with Crippen molar-refractivity contribution >= 4 is 5.91 Å². The quantitative estimate of drug-likeness (QED) is 0.459. The van der Waals surface area contributed by atoms with Crippen molar-refractivity contribution in [3.05, 3.63) is 84.1 Å². The number of piperidine rings is 1. The maximum atomic E-state index is 13.7. The zero-order valence-corrected chi connectivity index (χ0v) is 17.3. The molecule has 4 aromatic rings. The second-order valence-electron chi connectivity index (χ2n) is 8.17. The van der Waals surface area contributed by atoms with E-state index < -0.39 is 0 Å². The first kappa shape index (κ1) is 18.9. The summed E-state index contributed by atoms with van der Waals surface area (Å²) in [6.45, 7) is 1.29. The first-order valence-electron chi connectivity index (χ1n) is 10.8. The molecular formula is C25H21N3O4. The average Bonchev–Trinajstić information content (AvgIpc) is 3.54. The van der Waals surface area contributed by atoms with Crippen LogP contribution in [0.15, 0.2) is 76.0 Å². The van der Waals surface area contributed by atoms with Gasteiger partial charge in [-0.3, -0.25) is 4.79 Å². The lowest BCUT2D eigenvalue weighted by Crippen LogP contribution is -2.41. The van der Waals surface area contributed by atoms with Gasteiger partial charge in [-0.05, 0) is 31.0 Å². The normalized spacial score (nSPS) is 16.3. The molecule has 2 aromatic carbocycles. The molecule has 4 heterocycles. The number of carbonyl (C=O) groups excluding carboxylic acids is 1. The molecule has 32 heavy (non-hydrogen) atoms. The van der Waals surface area contributed by atoms with Gasteiger partial charge >= 0.3 is 0 Å². The van der Waals surface area contributed by atoms with Gasteiger partial charge in [0.1, 0.15) is 17.8 Å². The molecule has 0 N–H and O–H groups in total.